The molecule has 0 aliphatic rings. The first-order chi connectivity index (χ1) is 12.3. The van der Waals surface area contributed by atoms with Gasteiger partial charge >= 0.3 is 12.0 Å². The Morgan fingerprint density at radius 3 is 2.46 bits per heavy atom. The highest BCUT2D eigenvalue weighted by atomic mass is 32.1. The highest BCUT2D eigenvalue weighted by molar-refractivity contribution is 7.17. The third-order valence-corrected chi connectivity index (χ3v) is 4.31. The highest BCUT2D eigenvalue weighted by Gasteiger charge is 2.15. The van der Waals surface area contributed by atoms with Crippen LogP contribution in [-0.4, -0.2) is 31.1 Å². The van der Waals surface area contributed by atoms with E-state index in [2.05, 4.69) is 10.6 Å². The third-order valence-electron chi connectivity index (χ3n) is 3.19. The number of thiophene rings is 1. The molecule has 0 unspecified atom stereocenters. The number of hydrogen-bond donors (Lipinski definition) is 2. The van der Waals surface area contributed by atoms with Gasteiger partial charge in [0.25, 0.3) is 5.91 Å². The fraction of sp³-hybridized carbons (Fsp3) is 0.278. The van der Waals surface area contributed by atoms with Crippen molar-refractivity contribution in [3.63, 3.8) is 0 Å². The lowest BCUT2D eigenvalue weighted by Crippen LogP contribution is -2.42. The fourth-order valence-corrected chi connectivity index (χ4v) is 2.83. The van der Waals surface area contributed by atoms with Crippen molar-refractivity contribution in [3.05, 3.63) is 47.1 Å². The number of esters is 1. The van der Waals surface area contributed by atoms with Crippen LogP contribution in [0.25, 0.3) is 10.4 Å². The van der Waals surface area contributed by atoms with Crippen LogP contribution in [0, 0.1) is 11.7 Å². The molecule has 6 nitrogen and oxygen atoms in total. The Morgan fingerprint density at radius 2 is 1.81 bits per heavy atom. The van der Waals surface area contributed by atoms with Crippen molar-refractivity contribution in [2.75, 3.05) is 13.2 Å². The molecule has 0 atom stereocenters. The quantitative estimate of drug-likeness (QED) is 0.756. The van der Waals surface area contributed by atoms with Crippen LogP contribution in [0.5, 0.6) is 0 Å². The average Bonchev–Trinajstić information content (AvgIpc) is 3.08. The largest absolute Gasteiger partial charge is 0.451 e. The summed E-state index contributed by atoms with van der Waals surface area (Å²) in [6, 6.07) is 8.55. The van der Waals surface area contributed by atoms with Crippen LogP contribution in [0.3, 0.4) is 0 Å². The maximum atomic E-state index is 13.0. The molecule has 138 valence electrons. The number of rotatable bonds is 6. The first-order valence-corrected chi connectivity index (χ1v) is 8.77. The lowest BCUT2D eigenvalue weighted by molar-refractivity contribution is -0.123. The predicted octanol–water partition coefficient (Wildman–Crippen LogP) is 3.19. The summed E-state index contributed by atoms with van der Waals surface area (Å²) in [6.45, 7) is 3.72. The minimum atomic E-state index is -0.713. The molecule has 0 spiro atoms. The molecule has 0 aliphatic carbocycles. The second kappa shape index (κ2) is 9.10. The van der Waals surface area contributed by atoms with Gasteiger partial charge in [0.2, 0.25) is 0 Å². The summed E-state index contributed by atoms with van der Waals surface area (Å²) in [5.74, 6) is -1.47. The average molecular weight is 378 g/mol. The molecular formula is C18H19FN2O4S. The van der Waals surface area contributed by atoms with E-state index in [1.807, 2.05) is 13.8 Å². The van der Waals surface area contributed by atoms with Gasteiger partial charge in [0.15, 0.2) is 6.61 Å². The first-order valence-electron chi connectivity index (χ1n) is 7.95. The van der Waals surface area contributed by atoms with Crippen molar-refractivity contribution in [2.24, 2.45) is 5.92 Å². The van der Waals surface area contributed by atoms with Crippen molar-refractivity contribution in [2.45, 2.75) is 13.8 Å². The summed E-state index contributed by atoms with van der Waals surface area (Å²) < 4.78 is 17.9. The number of urea groups is 1. The van der Waals surface area contributed by atoms with E-state index in [0.717, 1.165) is 10.4 Å². The summed E-state index contributed by atoms with van der Waals surface area (Å²) in [4.78, 5) is 36.1. The maximum absolute atomic E-state index is 13.0. The number of ether oxygens (including phenoxy) is 1. The minimum absolute atomic E-state index is 0.253. The molecule has 1 heterocycles. The molecule has 0 saturated carbocycles. The Balaban J connectivity index is 1.83. The molecule has 0 fully saturated rings. The Morgan fingerprint density at radius 1 is 1.12 bits per heavy atom. The van der Waals surface area contributed by atoms with Crippen LogP contribution in [0.15, 0.2) is 36.4 Å². The van der Waals surface area contributed by atoms with Crippen LogP contribution in [0.4, 0.5) is 9.18 Å². The zero-order valence-corrected chi connectivity index (χ0v) is 15.2. The fourth-order valence-electron chi connectivity index (χ4n) is 1.92. The number of hydrogen-bond acceptors (Lipinski definition) is 5. The Labute approximate surface area is 154 Å². The lowest BCUT2D eigenvalue weighted by Gasteiger charge is -2.08. The van der Waals surface area contributed by atoms with Gasteiger partial charge in [0, 0.05) is 11.4 Å². The van der Waals surface area contributed by atoms with Gasteiger partial charge in [-0.05, 0) is 35.7 Å². The molecule has 2 aromatic rings. The van der Waals surface area contributed by atoms with Crippen molar-refractivity contribution in [3.8, 4) is 10.4 Å². The monoisotopic (exact) mass is 378 g/mol. The van der Waals surface area contributed by atoms with Gasteiger partial charge in [-0.15, -0.1) is 11.3 Å². The van der Waals surface area contributed by atoms with Crippen molar-refractivity contribution < 1.29 is 23.5 Å². The number of benzene rings is 1. The van der Waals surface area contributed by atoms with E-state index in [-0.39, 0.29) is 11.7 Å². The predicted molar refractivity (Wildman–Crippen MR) is 96.4 cm³/mol. The standard InChI is InChI=1S/C18H19FN2O4S/c1-11(2)9-20-18(24)21-16(22)10-25-17(23)15-8-7-14(26-15)12-3-5-13(19)6-4-12/h3-8,11H,9-10H2,1-2H3,(H2,20,21,22,24). The lowest BCUT2D eigenvalue weighted by atomic mass is 10.2. The van der Waals surface area contributed by atoms with Gasteiger partial charge in [-0.3, -0.25) is 10.1 Å². The van der Waals surface area contributed by atoms with Crippen molar-refractivity contribution >= 4 is 29.2 Å². The van der Waals surface area contributed by atoms with Gasteiger partial charge < -0.3 is 10.1 Å². The Bertz CT molecular complexity index is 787. The Kier molecular flexibility index (Phi) is 6.85. The van der Waals surface area contributed by atoms with Crippen LogP contribution in [0.1, 0.15) is 23.5 Å². The van der Waals surface area contributed by atoms with Crippen molar-refractivity contribution in [1.82, 2.24) is 10.6 Å². The number of carbonyl (C=O) groups is 3. The molecular weight excluding hydrogens is 359 g/mol. The van der Waals surface area contributed by atoms with Gasteiger partial charge in [0.05, 0.1) is 0 Å². The molecule has 26 heavy (non-hydrogen) atoms. The summed E-state index contributed by atoms with van der Waals surface area (Å²) >= 11 is 1.17. The van der Waals surface area contributed by atoms with E-state index in [4.69, 9.17) is 4.74 Å². The van der Waals surface area contributed by atoms with Gasteiger partial charge in [-0.2, -0.15) is 0 Å². The van der Waals surface area contributed by atoms with E-state index in [9.17, 15) is 18.8 Å². The SMILES string of the molecule is CC(C)CNC(=O)NC(=O)COC(=O)c1ccc(-c2ccc(F)cc2)s1. The molecule has 0 aliphatic heterocycles. The van der Waals surface area contributed by atoms with E-state index in [0.29, 0.717) is 11.4 Å². The number of nitrogens with one attached hydrogen (secondary N) is 2. The second-order valence-corrected chi connectivity index (χ2v) is 6.98. The molecule has 1 aromatic carbocycles. The van der Waals surface area contributed by atoms with E-state index in [1.165, 1.54) is 23.5 Å². The van der Waals surface area contributed by atoms with Crippen LogP contribution in [-0.2, 0) is 9.53 Å². The minimum Gasteiger partial charge on any atom is -0.451 e. The molecule has 2 rings (SSSR count). The number of carbonyl (C=O) groups excluding carboxylic acids is 3. The molecule has 0 bridgehead atoms. The van der Waals surface area contributed by atoms with Gasteiger partial charge in [-0.25, -0.2) is 14.0 Å². The zero-order valence-electron chi connectivity index (χ0n) is 14.4. The molecule has 1 aromatic heterocycles. The highest BCUT2D eigenvalue weighted by Crippen LogP contribution is 2.28. The second-order valence-electron chi connectivity index (χ2n) is 5.90. The van der Waals surface area contributed by atoms with E-state index in [1.54, 1.807) is 24.3 Å². The number of halogens is 1. The van der Waals surface area contributed by atoms with Gasteiger partial charge in [0.1, 0.15) is 10.7 Å². The molecule has 8 heteroatoms. The number of amides is 3. The maximum Gasteiger partial charge on any atom is 0.348 e. The normalized spacial score (nSPS) is 10.5. The summed E-state index contributed by atoms with van der Waals surface area (Å²) in [5, 5.41) is 4.60. The topological polar surface area (TPSA) is 84.5 Å². The van der Waals surface area contributed by atoms with Gasteiger partial charge in [-0.1, -0.05) is 26.0 Å². The smallest absolute Gasteiger partial charge is 0.348 e. The molecule has 0 saturated heterocycles. The van der Waals surface area contributed by atoms with Crippen LogP contribution in [0.2, 0.25) is 0 Å². The third kappa shape index (κ3) is 5.96. The van der Waals surface area contributed by atoms with E-state index < -0.39 is 24.5 Å². The summed E-state index contributed by atoms with van der Waals surface area (Å²) in [5.41, 5.74) is 0.773. The molecule has 0 radical (unpaired) electrons. The molecule has 3 amide bonds. The Hall–Kier alpha value is -2.74. The molecule has 2 N–H and O–H groups in total. The van der Waals surface area contributed by atoms with Crippen LogP contribution < -0.4 is 10.6 Å². The van der Waals surface area contributed by atoms with E-state index >= 15 is 0 Å². The summed E-state index contributed by atoms with van der Waals surface area (Å²) in [7, 11) is 0. The zero-order chi connectivity index (χ0) is 19.1. The summed E-state index contributed by atoms with van der Waals surface area (Å²) in [6.07, 6.45) is 0. The number of imide groups is 1. The van der Waals surface area contributed by atoms with Crippen LogP contribution >= 0.6 is 11.3 Å². The first kappa shape index (κ1) is 19.6. The van der Waals surface area contributed by atoms with Crippen molar-refractivity contribution in [1.29, 1.82) is 0 Å².